The van der Waals surface area contributed by atoms with Gasteiger partial charge in [0.1, 0.15) is 11.4 Å². The SMILES string of the molecule is CO[C@H]1CC([C@H](OC)[C@@H](C)C(=O)CCCc2ccccc2)N(C(=O)OC(C)(C)C)C1. The number of ketones is 1. The fraction of sp³-hybridized carbons (Fsp3) is 0.667. The molecule has 0 N–H and O–H groups in total. The molecular weight excluding hydrogens is 382 g/mol. The monoisotopic (exact) mass is 419 g/mol. The Morgan fingerprint density at radius 3 is 2.40 bits per heavy atom. The van der Waals surface area contributed by atoms with Crippen LogP contribution in [0.25, 0.3) is 0 Å². The highest BCUT2D eigenvalue weighted by Gasteiger charge is 2.44. The van der Waals surface area contributed by atoms with E-state index in [1.54, 1.807) is 19.1 Å². The van der Waals surface area contributed by atoms with Crippen LogP contribution in [-0.4, -0.2) is 61.4 Å². The first-order chi connectivity index (χ1) is 14.2. The standard InChI is InChI=1S/C24H37NO5/c1-17(21(26)14-10-13-18-11-8-7-9-12-18)22(29-6)20-15-19(28-5)16-25(20)23(27)30-24(2,3)4/h7-9,11-12,17,19-20,22H,10,13-16H2,1-6H3/t17-,19-,20?,22+/m0/s1. The highest BCUT2D eigenvalue weighted by Crippen LogP contribution is 2.30. The fourth-order valence-electron chi connectivity index (χ4n) is 4.06. The average molecular weight is 420 g/mol. The number of ether oxygens (including phenoxy) is 3. The molecule has 1 aromatic rings. The summed E-state index contributed by atoms with van der Waals surface area (Å²) < 4.78 is 16.9. The molecule has 1 unspecified atom stereocenters. The average Bonchev–Trinajstić information content (AvgIpc) is 3.12. The Hall–Kier alpha value is -1.92. The van der Waals surface area contributed by atoms with E-state index in [1.807, 2.05) is 45.9 Å². The lowest BCUT2D eigenvalue weighted by Gasteiger charge is -2.34. The molecule has 0 spiro atoms. The molecule has 0 radical (unpaired) electrons. The van der Waals surface area contributed by atoms with Crippen LogP contribution in [0.4, 0.5) is 4.79 Å². The normalized spacial score (nSPS) is 21.3. The molecule has 0 aliphatic carbocycles. The van der Waals surface area contributed by atoms with Gasteiger partial charge in [0.15, 0.2) is 0 Å². The summed E-state index contributed by atoms with van der Waals surface area (Å²) in [5.41, 5.74) is 0.643. The molecule has 0 saturated carbocycles. The second-order valence-electron chi connectivity index (χ2n) is 9.09. The van der Waals surface area contributed by atoms with Crippen molar-refractivity contribution in [2.75, 3.05) is 20.8 Å². The summed E-state index contributed by atoms with van der Waals surface area (Å²) in [6.07, 6.45) is 1.89. The Kier molecular flexibility index (Phi) is 8.86. The van der Waals surface area contributed by atoms with Crippen LogP contribution in [0.1, 0.15) is 52.5 Å². The van der Waals surface area contributed by atoms with E-state index >= 15 is 0 Å². The molecule has 1 heterocycles. The Labute approximate surface area is 180 Å². The van der Waals surface area contributed by atoms with Crippen LogP contribution in [0, 0.1) is 5.92 Å². The summed E-state index contributed by atoms with van der Waals surface area (Å²) in [4.78, 5) is 27.4. The van der Waals surface area contributed by atoms with E-state index in [-0.39, 0.29) is 23.8 Å². The van der Waals surface area contributed by atoms with Crippen LogP contribution >= 0.6 is 0 Å². The Morgan fingerprint density at radius 1 is 1.17 bits per heavy atom. The van der Waals surface area contributed by atoms with Gasteiger partial charge in [-0.25, -0.2) is 4.79 Å². The van der Waals surface area contributed by atoms with Gasteiger partial charge in [0.05, 0.1) is 24.8 Å². The van der Waals surface area contributed by atoms with E-state index in [4.69, 9.17) is 14.2 Å². The van der Waals surface area contributed by atoms with Gasteiger partial charge in [0, 0.05) is 26.6 Å². The van der Waals surface area contributed by atoms with Crippen molar-refractivity contribution in [1.29, 1.82) is 0 Å². The van der Waals surface area contributed by atoms with Crippen LogP contribution in [0.2, 0.25) is 0 Å². The largest absolute Gasteiger partial charge is 0.444 e. The van der Waals surface area contributed by atoms with E-state index in [9.17, 15) is 9.59 Å². The minimum atomic E-state index is -0.589. The van der Waals surface area contributed by atoms with Gasteiger partial charge in [-0.2, -0.15) is 0 Å². The molecule has 1 saturated heterocycles. The quantitative estimate of drug-likeness (QED) is 0.599. The summed E-state index contributed by atoms with van der Waals surface area (Å²) in [5, 5.41) is 0. The lowest BCUT2D eigenvalue weighted by atomic mass is 9.89. The van der Waals surface area contributed by atoms with Gasteiger partial charge in [-0.1, -0.05) is 37.3 Å². The molecule has 6 nitrogen and oxygen atoms in total. The molecule has 6 heteroatoms. The number of hydrogen-bond acceptors (Lipinski definition) is 5. The van der Waals surface area contributed by atoms with Crippen LogP contribution < -0.4 is 0 Å². The number of rotatable bonds is 9. The molecule has 1 fully saturated rings. The second-order valence-corrected chi connectivity index (χ2v) is 9.09. The van der Waals surface area contributed by atoms with Gasteiger partial charge in [-0.05, 0) is 45.6 Å². The number of aryl methyl sites for hydroxylation is 1. The van der Waals surface area contributed by atoms with Crippen molar-refractivity contribution in [2.24, 2.45) is 5.92 Å². The maximum absolute atomic E-state index is 12.9. The zero-order valence-corrected chi connectivity index (χ0v) is 19.2. The van der Waals surface area contributed by atoms with Crippen LogP contribution in [0.15, 0.2) is 30.3 Å². The number of hydrogen-bond donors (Lipinski definition) is 0. The summed E-state index contributed by atoms with van der Waals surface area (Å²) in [6, 6.07) is 9.91. The van der Waals surface area contributed by atoms with Crippen molar-refractivity contribution < 1.29 is 23.8 Å². The van der Waals surface area contributed by atoms with Crippen molar-refractivity contribution in [3.05, 3.63) is 35.9 Å². The van der Waals surface area contributed by atoms with Crippen molar-refractivity contribution in [3.8, 4) is 0 Å². The number of carbonyl (C=O) groups excluding carboxylic acids is 2. The predicted molar refractivity (Wildman–Crippen MR) is 116 cm³/mol. The number of benzene rings is 1. The van der Waals surface area contributed by atoms with Gasteiger partial charge in [-0.15, -0.1) is 0 Å². The molecule has 0 aromatic heterocycles. The maximum Gasteiger partial charge on any atom is 0.410 e. The molecule has 0 bridgehead atoms. The van der Waals surface area contributed by atoms with Gasteiger partial charge < -0.3 is 14.2 Å². The number of nitrogens with zero attached hydrogens (tertiary/aromatic N) is 1. The second kappa shape index (κ2) is 10.9. The molecule has 30 heavy (non-hydrogen) atoms. The predicted octanol–water partition coefficient (Wildman–Crippen LogP) is 4.25. The van der Waals surface area contributed by atoms with Crippen LogP contribution in [0.5, 0.6) is 0 Å². The third-order valence-electron chi connectivity index (χ3n) is 5.65. The van der Waals surface area contributed by atoms with Crippen molar-refractivity contribution in [2.45, 2.75) is 77.2 Å². The zero-order chi connectivity index (χ0) is 22.3. The Bertz CT molecular complexity index is 685. The molecule has 1 aliphatic heterocycles. The van der Waals surface area contributed by atoms with Crippen molar-refractivity contribution >= 4 is 11.9 Å². The van der Waals surface area contributed by atoms with Gasteiger partial charge in [-0.3, -0.25) is 9.69 Å². The topological polar surface area (TPSA) is 65.1 Å². The number of likely N-dealkylation sites (tertiary alicyclic amines) is 1. The maximum atomic E-state index is 12.9. The Morgan fingerprint density at radius 2 is 1.83 bits per heavy atom. The van der Waals surface area contributed by atoms with E-state index in [0.717, 1.165) is 12.8 Å². The summed E-state index contributed by atoms with van der Waals surface area (Å²) in [5.74, 6) is -0.167. The first-order valence-corrected chi connectivity index (χ1v) is 10.8. The molecule has 1 aliphatic rings. The summed E-state index contributed by atoms with van der Waals surface area (Å²) in [7, 11) is 3.24. The Balaban J connectivity index is 2.02. The minimum Gasteiger partial charge on any atom is -0.444 e. The third kappa shape index (κ3) is 6.81. The third-order valence-corrected chi connectivity index (χ3v) is 5.65. The molecule has 4 atom stereocenters. The van der Waals surface area contributed by atoms with Crippen LogP contribution in [-0.2, 0) is 25.4 Å². The summed E-state index contributed by atoms with van der Waals surface area (Å²) >= 11 is 0. The van der Waals surface area contributed by atoms with E-state index in [2.05, 4.69) is 12.1 Å². The fourth-order valence-corrected chi connectivity index (χ4v) is 4.06. The van der Waals surface area contributed by atoms with Crippen LogP contribution in [0.3, 0.4) is 0 Å². The van der Waals surface area contributed by atoms with Crippen molar-refractivity contribution in [1.82, 2.24) is 4.90 Å². The van der Waals surface area contributed by atoms with Gasteiger partial charge in [0.25, 0.3) is 0 Å². The highest BCUT2D eigenvalue weighted by atomic mass is 16.6. The molecular formula is C24H37NO5. The molecule has 168 valence electrons. The first kappa shape index (κ1) is 24.4. The number of Topliss-reactive ketones (excluding diaryl/α,β-unsaturated/α-hetero) is 1. The van der Waals surface area contributed by atoms with Gasteiger partial charge >= 0.3 is 6.09 Å². The smallest absolute Gasteiger partial charge is 0.410 e. The van der Waals surface area contributed by atoms with Crippen molar-refractivity contribution in [3.63, 3.8) is 0 Å². The molecule has 2 rings (SSSR count). The number of carbonyl (C=O) groups is 2. The lowest BCUT2D eigenvalue weighted by molar-refractivity contribution is -0.128. The number of amides is 1. The van der Waals surface area contributed by atoms with E-state index < -0.39 is 17.8 Å². The minimum absolute atomic E-state index is 0.0967. The van der Waals surface area contributed by atoms with E-state index in [1.165, 1.54) is 5.56 Å². The lowest BCUT2D eigenvalue weighted by Crippen LogP contribution is -2.49. The summed E-state index contributed by atoms with van der Waals surface area (Å²) in [6.45, 7) is 7.86. The molecule has 1 amide bonds. The molecule has 1 aromatic carbocycles. The first-order valence-electron chi connectivity index (χ1n) is 10.8. The van der Waals surface area contributed by atoms with Gasteiger partial charge in [0.2, 0.25) is 0 Å². The van der Waals surface area contributed by atoms with E-state index in [0.29, 0.717) is 19.4 Å². The highest BCUT2D eigenvalue weighted by molar-refractivity contribution is 5.81. The number of methoxy groups -OCH3 is 2. The zero-order valence-electron chi connectivity index (χ0n) is 19.2.